The molecule has 5 heteroatoms. The molecule has 0 aromatic carbocycles. The molecule has 1 N–H and O–H groups in total. The number of ether oxygens (including phenoxy) is 1. The van der Waals surface area contributed by atoms with E-state index in [0.717, 1.165) is 45.6 Å². The van der Waals surface area contributed by atoms with E-state index in [0.29, 0.717) is 25.5 Å². The van der Waals surface area contributed by atoms with Crippen LogP contribution in [-0.4, -0.2) is 72.4 Å². The predicted octanol–water partition coefficient (Wildman–Crippen LogP) is 0.472. The molecule has 3 fully saturated rings. The van der Waals surface area contributed by atoms with Gasteiger partial charge in [0.25, 0.3) is 5.91 Å². The maximum atomic E-state index is 12.6. The van der Waals surface area contributed by atoms with Gasteiger partial charge in [0, 0.05) is 39.3 Å². The molecule has 1 aliphatic carbocycles. The highest BCUT2D eigenvalue weighted by Gasteiger charge is 2.44. The molecule has 20 heavy (non-hydrogen) atoms. The Balaban J connectivity index is 1.60. The first-order valence-electron chi connectivity index (χ1n) is 7.99. The molecule has 1 saturated carbocycles. The molecule has 114 valence electrons. The third kappa shape index (κ3) is 3.32. The van der Waals surface area contributed by atoms with Crippen molar-refractivity contribution < 1.29 is 14.6 Å². The summed E-state index contributed by atoms with van der Waals surface area (Å²) < 4.78 is 5.44. The molecule has 1 atom stereocenters. The summed E-state index contributed by atoms with van der Waals surface area (Å²) in [4.78, 5) is 16.7. The van der Waals surface area contributed by atoms with E-state index in [1.165, 1.54) is 12.8 Å². The number of rotatable bonds is 4. The number of β-amino-alcohol motifs (C(OH)–C–C–N with tert-alkyl or cyclic N) is 1. The Hall–Kier alpha value is -0.650. The normalized spacial score (nSPS) is 33.2. The van der Waals surface area contributed by atoms with Gasteiger partial charge < -0.3 is 14.7 Å². The van der Waals surface area contributed by atoms with Crippen molar-refractivity contribution in [3.05, 3.63) is 0 Å². The van der Waals surface area contributed by atoms with Crippen LogP contribution in [0.3, 0.4) is 0 Å². The second-order valence-corrected chi connectivity index (χ2v) is 6.57. The molecule has 0 aromatic heterocycles. The van der Waals surface area contributed by atoms with Crippen molar-refractivity contribution >= 4 is 5.91 Å². The van der Waals surface area contributed by atoms with Crippen molar-refractivity contribution in [1.29, 1.82) is 0 Å². The summed E-state index contributed by atoms with van der Waals surface area (Å²) in [6.07, 6.45) is 4.98. The summed E-state index contributed by atoms with van der Waals surface area (Å²) >= 11 is 0. The third-order valence-corrected chi connectivity index (χ3v) is 4.68. The number of nitrogens with zero attached hydrogens (tertiary/aromatic N) is 2. The first kappa shape index (κ1) is 14.3. The Kier molecular flexibility index (Phi) is 4.29. The first-order chi connectivity index (χ1) is 9.67. The number of carbonyl (C=O) groups is 1. The minimum Gasteiger partial charge on any atom is -0.380 e. The number of aliphatic hydroxyl groups is 1. The van der Waals surface area contributed by atoms with Crippen LogP contribution in [0.15, 0.2) is 0 Å². The fourth-order valence-corrected chi connectivity index (χ4v) is 3.32. The standard InChI is InChI=1S/C15H26N2O3/c18-14-15(19,12-16-6-2-9-20-10-8-16)5-1-7-17(14)11-13-3-4-13/h13,19H,1-12H2. The second kappa shape index (κ2) is 6.00. The summed E-state index contributed by atoms with van der Waals surface area (Å²) in [6.45, 7) is 5.37. The molecule has 1 amide bonds. The summed E-state index contributed by atoms with van der Waals surface area (Å²) in [6, 6.07) is 0. The average Bonchev–Trinajstić information content (AvgIpc) is 3.23. The van der Waals surface area contributed by atoms with Gasteiger partial charge in [-0.15, -0.1) is 0 Å². The SMILES string of the molecule is O=C1N(CC2CC2)CCCC1(O)CN1CCCOCC1. The summed E-state index contributed by atoms with van der Waals surface area (Å²) in [5.74, 6) is 0.647. The Morgan fingerprint density at radius 1 is 1.20 bits per heavy atom. The van der Waals surface area contributed by atoms with Crippen LogP contribution in [0, 0.1) is 5.92 Å². The predicted molar refractivity (Wildman–Crippen MR) is 75.4 cm³/mol. The Labute approximate surface area is 120 Å². The topological polar surface area (TPSA) is 53.0 Å². The summed E-state index contributed by atoms with van der Waals surface area (Å²) in [5, 5.41) is 10.8. The fourth-order valence-electron chi connectivity index (χ4n) is 3.32. The monoisotopic (exact) mass is 282 g/mol. The van der Waals surface area contributed by atoms with Crippen molar-refractivity contribution in [2.24, 2.45) is 5.92 Å². The zero-order valence-corrected chi connectivity index (χ0v) is 12.2. The van der Waals surface area contributed by atoms with Crippen molar-refractivity contribution in [2.75, 3.05) is 45.9 Å². The van der Waals surface area contributed by atoms with E-state index >= 15 is 0 Å². The highest BCUT2D eigenvalue weighted by molar-refractivity contribution is 5.86. The van der Waals surface area contributed by atoms with Crippen molar-refractivity contribution in [3.8, 4) is 0 Å². The van der Waals surface area contributed by atoms with E-state index in [1.807, 2.05) is 4.90 Å². The highest BCUT2D eigenvalue weighted by atomic mass is 16.5. The Morgan fingerprint density at radius 3 is 2.85 bits per heavy atom. The lowest BCUT2D eigenvalue weighted by atomic mass is 9.90. The van der Waals surface area contributed by atoms with Crippen LogP contribution in [0.25, 0.3) is 0 Å². The number of piperidine rings is 1. The molecule has 3 aliphatic rings. The van der Waals surface area contributed by atoms with Gasteiger partial charge in [-0.25, -0.2) is 0 Å². The molecular weight excluding hydrogens is 256 g/mol. The smallest absolute Gasteiger partial charge is 0.255 e. The van der Waals surface area contributed by atoms with Gasteiger partial charge >= 0.3 is 0 Å². The zero-order valence-electron chi connectivity index (χ0n) is 12.2. The summed E-state index contributed by atoms with van der Waals surface area (Å²) in [7, 11) is 0. The maximum absolute atomic E-state index is 12.6. The molecule has 2 heterocycles. The van der Waals surface area contributed by atoms with Crippen molar-refractivity contribution in [1.82, 2.24) is 9.80 Å². The molecule has 0 aromatic rings. The van der Waals surface area contributed by atoms with Crippen LogP contribution in [0.1, 0.15) is 32.1 Å². The molecule has 1 unspecified atom stereocenters. The van der Waals surface area contributed by atoms with E-state index in [2.05, 4.69) is 4.90 Å². The number of amides is 1. The van der Waals surface area contributed by atoms with Gasteiger partial charge in [-0.3, -0.25) is 9.69 Å². The van der Waals surface area contributed by atoms with E-state index in [-0.39, 0.29) is 5.91 Å². The lowest BCUT2D eigenvalue weighted by Gasteiger charge is -2.40. The molecular formula is C15H26N2O3. The molecule has 5 nitrogen and oxygen atoms in total. The van der Waals surface area contributed by atoms with Crippen LogP contribution in [0.4, 0.5) is 0 Å². The maximum Gasteiger partial charge on any atom is 0.255 e. The van der Waals surface area contributed by atoms with E-state index in [1.54, 1.807) is 0 Å². The van der Waals surface area contributed by atoms with Crippen molar-refractivity contribution in [2.45, 2.75) is 37.7 Å². The van der Waals surface area contributed by atoms with Gasteiger partial charge in [0.05, 0.1) is 6.61 Å². The van der Waals surface area contributed by atoms with E-state index in [9.17, 15) is 9.90 Å². The van der Waals surface area contributed by atoms with Crippen LogP contribution < -0.4 is 0 Å². The van der Waals surface area contributed by atoms with Gasteiger partial charge in [0.15, 0.2) is 5.60 Å². The van der Waals surface area contributed by atoms with Gasteiger partial charge in [-0.2, -0.15) is 0 Å². The van der Waals surface area contributed by atoms with Crippen molar-refractivity contribution in [3.63, 3.8) is 0 Å². The lowest BCUT2D eigenvalue weighted by molar-refractivity contribution is -0.159. The van der Waals surface area contributed by atoms with Crippen LogP contribution in [-0.2, 0) is 9.53 Å². The number of hydrogen-bond acceptors (Lipinski definition) is 4. The summed E-state index contributed by atoms with van der Waals surface area (Å²) in [5.41, 5.74) is -1.17. The van der Waals surface area contributed by atoms with E-state index < -0.39 is 5.60 Å². The first-order valence-corrected chi connectivity index (χ1v) is 7.99. The average molecular weight is 282 g/mol. The van der Waals surface area contributed by atoms with Gasteiger partial charge in [-0.1, -0.05) is 0 Å². The molecule has 0 bridgehead atoms. The third-order valence-electron chi connectivity index (χ3n) is 4.68. The van der Waals surface area contributed by atoms with Gasteiger partial charge in [0.2, 0.25) is 0 Å². The Bertz CT molecular complexity index is 351. The quantitative estimate of drug-likeness (QED) is 0.814. The van der Waals surface area contributed by atoms with Crippen LogP contribution >= 0.6 is 0 Å². The molecule has 2 aliphatic heterocycles. The molecule has 3 rings (SSSR count). The minimum atomic E-state index is -1.17. The van der Waals surface area contributed by atoms with Gasteiger partial charge in [-0.05, 0) is 38.0 Å². The molecule has 0 radical (unpaired) electrons. The molecule has 0 spiro atoms. The minimum absolute atomic E-state index is 0.0409. The largest absolute Gasteiger partial charge is 0.380 e. The van der Waals surface area contributed by atoms with Crippen LogP contribution in [0.5, 0.6) is 0 Å². The highest BCUT2D eigenvalue weighted by Crippen LogP contribution is 2.32. The number of hydrogen-bond donors (Lipinski definition) is 1. The Morgan fingerprint density at radius 2 is 2.05 bits per heavy atom. The van der Waals surface area contributed by atoms with E-state index in [4.69, 9.17) is 4.74 Å². The molecule has 2 saturated heterocycles. The zero-order chi connectivity index (χ0) is 14.0. The van der Waals surface area contributed by atoms with Gasteiger partial charge in [0.1, 0.15) is 0 Å². The number of carbonyl (C=O) groups excluding carboxylic acids is 1. The second-order valence-electron chi connectivity index (χ2n) is 6.57. The number of likely N-dealkylation sites (tertiary alicyclic amines) is 1. The lowest BCUT2D eigenvalue weighted by Crippen LogP contribution is -2.59. The van der Waals surface area contributed by atoms with Crippen LogP contribution in [0.2, 0.25) is 0 Å². The fraction of sp³-hybridized carbons (Fsp3) is 0.933.